The van der Waals surface area contributed by atoms with E-state index in [-0.39, 0.29) is 0 Å². The minimum Gasteiger partial charge on any atom is -0.389 e. The first-order valence-corrected chi connectivity index (χ1v) is 7.28. The summed E-state index contributed by atoms with van der Waals surface area (Å²) in [6.07, 6.45) is 9.71. The smallest absolute Gasteiger partial charge is 0.0255 e. The second-order valence-corrected chi connectivity index (χ2v) is 6.41. The van der Waals surface area contributed by atoms with Crippen LogP contribution in [0.1, 0.15) is 73.1 Å². The summed E-state index contributed by atoms with van der Waals surface area (Å²) in [5.74, 6) is 0.819. The lowest BCUT2D eigenvalue weighted by atomic mass is 9.79. The van der Waals surface area contributed by atoms with E-state index in [0.717, 1.165) is 5.92 Å². The summed E-state index contributed by atoms with van der Waals surface area (Å²) in [5, 5.41) is 3.37. The van der Waals surface area contributed by atoms with Gasteiger partial charge in [0.1, 0.15) is 0 Å². The first-order valence-electron chi connectivity index (χ1n) is 7.28. The van der Waals surface area contributed by atoms with Crippen LogP contribution in [0.5, 0.6) is 0 Å². The zero-order valence-corrected chi connectivity index (χ0v) is 12.7. The first-order chi connectivity index (χ1) is 7.91. The third-order valence-corrected chi connectivity index (χ3v) is 3.91. The Hall–Kier alpha value is -0.460. The van der Waals surface area contributed by atoms with Gasteiger partial charge in [0.2, 0.25) is 0 Å². The predicted molar refractivity (Wildman–Crippen MR) is 79.1 cm³/mol. The molecule has 102 valence electrons. The molecule has 1 N–H and O–H groups in total. The Morgan fingerprint density at radius 2 is 1.71 bits per heavy atom. The maximum Gasteiger partial charge on any atom is 0.0255 e. The van der Waals surface area contributed by atoms with Crippen molar-refractivity contribution in [1.82, 2.24) is 5.32 Å². The number of hydrogen-bond donors (Lipinski definition) is 1. The van der Waals surface area contributed by atoms with Gasteiger partial charge in [-0.2, -0.15) is 0 Å². The first kappa shape index (κ1) is 16.5. The fourth-order valence-electron chi connectivity index (χ4n) is 2.10. The number of unbranched alkanes of at least 4 members (excludes halogenated alkanes) is 1. The van der Waals surface area contributed by atoms with E-state index in [4.69, 9.17) is 0 Å². The van der Waals surface area contributed by atoms with E-state index in [1.165, 1.54) is 38.5 Å². The molecule has 0 aromatic heterocycles. The van der Waals surface area contributed by atoms with Crippen molar-refractivity contribution in [3.8, 4) is 0 Å². The van der Waals surface area contributed by atoms with Crippen molar-refractivity contribution in [2.45, 2.75) is 79.2 Å². The molecule has 17 heavy (non-hydrogen) atoms. The van der Waals surface area contributed by atoms with E-state index in [2.05, 4.69) is 46.5 Å². The molecule has 0 aromatic carbocycles. The van der Waals surface area contributed by atoms with Crippen molar-refractivity contribution in [2.75, 3.05) is 0 Å². The number of hydrogen-bond acceptors (Lipinski definition) is 1. The van der Waals surface area contributed by atoms with Crippen LogP contribution in [-0.4, -0.2) is 6.04 Å². The Morgan fingerprint density at radius 3 is 2.18 bits per heavy atom. The van der Waals surface area contributed by atoms with Gasteiger partial charge < -0.3 is 5.32 Å². The van der Waals surface area contributed by atoms with E-state index in [1.54, 1.807) is 0 Å². The molecule has 2 unspecified atom stereocenters. The molecule has 2 atom stereocenters. The molecule has 0 saturated carbocycles. The monoisotopic (exact) mass is 239 g/mol. The molecule has 0 fully saturated rings. The molecule has 0 rings (SSSR count). The second-order valence-electron chi connectivity index (χ2n) is 6.41. The van der Waals surface area contributed by atoms with Gasteiger partial charge in [-0.25, -0.2) is 0 Å². The second kappa shape index (κ2) is 8.60. The van der Waals surface area contributed by atoms with Gasteiger partial charge in [0.25, 0.3) is 0 Å². The van der Waals surface area contributed by atoms with E-state index < -0.39 is 0 Å². The van der Waals surface area contributed by atoms with Gasteiger partial charge >= 0.3 is 0 Å². The Bertz CT molecular complexity index is 190. The highest BCUT2D eigenvalue weighted by molar-refractivity contribution is 4.75. The van der Waals surface area contributed by atoms with Gasteiger partial charge in [-0.05, 0) is 30.4 Å². The number of rotatable bonds is 9. The highest BCUT2D eigenvalue weighted by Gasteiger charge is 2.19. The van der Waals surface area contributed by atoms with Crippen LogP contribution in [0.15, 0.2) is 12.8 Å². The highest BCUT2D eigenvalue weighted by atomic mass is 14.9. The lowest BCUT2D eigenvalue weighted by Crippen LogP contribution is -2.23. The zero-order valence-electron chi connectivity index (χ0n) is 12.7. The van der Waals surface area contributed by atoms with Gasteiger partial charge in [0, 0.05) is 6.04 Å². The summed E-state index contributed by atoms with van der Waals surface area (Å²) in [5.41, 5.74) is 0.461. The SMILES string of the molecule is C=CNC(CCC)CCCCC(C)C(C)(C)C. The van der Waals surface area contributed by atoms with Gasteiger partial charge in [-0.15, -0.1) is 0 Å². The summed E-state index contributed by atoms with van der Waals surface area (Å²) in [6.45, 7) is 15.4. The molecule has 1 heteroatoms. The summed E-state index contributed by atoms with van der Waals surface area (Å²) in [4.78, 5) is 0. The predicted octanol–water partition coefficient (Wildman–Crippen LogP) is 5.13. The maximum atomic E-state index is 3.76. The average Bonchev–Trinajstić information content (AvgIpc) is 2.23. The molecule has 0 aromatic rings. The molecule has 0 spiro atoms. The van der Waals surface area contributed by atoms with Crippen molar-refractivity contribution in [1.29, 1.82) is 0 Å². The fraction of sp³-hybridized carbons (Fsp3) is 0.875. The van der Waals surface area contributed by atoms with E-state index >= 15 is 0 Å². The van der Waals surface area contributed by atoms with E-state index in [1.807, 2.05) is 6.20 Å². The molecule has 0 radical (unpaired) electrons. The van der Waals surface area contributed by atoms with Crippen LogP contribution < -0.4 is 5.32 Å². The minimum absolute atomic E-state index is 0.461. The van der Waals surface area contributed by atoms with Crippen LogP contribution in [0.25, 0.3) is 0 Å². The van der Waals surface area contributed by atoms with Gasteiger partial charge in [-0.3, -0.25) is 0 Å². The Kier molecular flexibility index (Phi) is 8.37. The lowest BCUT2D eigenvalue weighted by molar-refractivity contribution is 0.239. The van der Waals surface area contributed by atoms with Crippen molar-refractivity contribution in [3.05, 3.63) is 12.8 Å². The molecule has 1 nitrogen and oxygen atoms in total. The Balaban J connectivity index is 3.70. The molecule has 0 amide bonds. The maximum absolute atomic E-state index is 3.76. The summed E-state index contributed by atoms with van der Waals surface area (Å²) < 4.78 is 0. The van der Waals surface area contributed by atoms with E-state index in [9.17, 15) is 0 Å². The molecule has 0 aliphatic rings. The van der Waals surface area contributed by atoms with Crippen LogP contribution in [0.4, 0.5) is 0 Å². The van der Waals surface area contributed by atoms with Crippen molar-refractivity contribution in [2.24, 2.45) is 11.3 Å². The normalized spacial score (nSPS) is 15.4. The van der Waals surface area contributed by atoms with Crippen LogP contribution in [-0.2, 0) is 0 Å². The molecule has 0 bridgehead atoms. The van der Waals surface area contributed by atoms with Crippen LogP contribution in [0.3, 0.4) is 0 Å². The van der Waals surface area contributed by atoms with E-state index in [0.29, 0.717) is 11.5 Å². The third kappa shape index (κ3) is 8.29. The summed E-state index contributed by atoms with van der Waals surface area (Å²) in [7, 11) is 0. The largest absolute Gasteiger partial charge is 0.389 e. The molecule has 0 heterocycles. The van der Waals surface area contributed by atoms with Crippen LogP contribution >= 0.6 is 0 Å². The minimum atomic E-state index is 0.461. The lowest BCUT2D eigenvalue weighted by Gasteiger charge is -2.27. The fourth-order valence-corrected chi connectivity index (χ4v) is 2.10. The van der Waals surface area contributed by atoms with Gasteiger partial charge in [0.15, 0.2) is 0 Å². The summed E-state index contributed by atoms with van der Waals surface area (Å²) >= 11 is 0. The topological polar surface area (TPSA) is 12.0 Å². The van der Waals surface area contributed by atoms with Crippen LogP contribution in [0.2, 0.25) is 0 Å². The van der Waals surface area contributed by atoms with Gasteiger partial charge in [0.05, 0.1) is 0 Å². The van der Waals surface area contributed by atoms with Crippen molar-refractivity contribution >= 4 is 0 Å². The molecule has 0 aliphatic heterocycles. The van der Waals surface area contributed by atoms with Gasteiger partial charge in [-0.1, -0.05) is 66.9 Å². The quantitative estimate of drug-likeness (QED) is 0.550. The molecular formula is C16H33N. The standard InChI is InChI=1S/C16H33N/c1-7-11-15(17-8-2)13-10-9-12-14(3)16(4,5)6/h8,14-15,17H,2,7,9-13H2,1,3-6H3. The third-order valence-electron chi connectivity index (χ3n) is 3.91. The van der Waals surface area contributed by atoms with Crippen LogP contribution in [0, 0.1) is 11.3 Å². The Labute approximate surface area is 109 Å². The highest BCUT2D eigenvalue weighted by Crippen LogP contribution is 2.29. The van der Waals surface area contributed by atoms with Crippen molar-refractivity contribution in [3.63, 3.8) is 0 Å². The Morgan fingerprint density at radius 1 is 1.12 bits per heavy atom. The molecule has 0 saturated heterocycles. The zero-order chi connectivity index (χ0) is 13.3. The van der Waals surface area contributed by atoms with Crippen molar-refractivity contribution < 1.29 is 0 Å². The average molecular weight is 239 g/mol. The molecular weight excluding hydrogens is 206 g/mol. The molecule has 0 aliphatic carbocycles. The summed E-state index contributed by atoms with van der Waals surface area (Å²) in [6, 6.07) is 0.641. The number of nitrogens with one attached hydrogen (secondary N) is 1.